The molecule has 1 atom stereocenters. The Bertz CT molecular complexity index is 880. The highest BCUT2D eigenvalue weighted by Gasteiger charge is 2.31. The fraction of sp³-hybridized carbons (Fsp3) is 0.389. The number of amides is 1. The maximum Gasteiger partial charge on any atom is 0.258 e. The summed E-state index contributed by atoms with van der Waals surface area (Å²) in [5.74, 6) is 0.435. The van der Waals surface area contributed by atoms with Gasteiger partial charge in [0.2, 0.25) is 5.95 Å². The summed E-state index contributed by atoms with van der Waals surface area (Å²) in [6, 6.07) is 7.54. The van der Waals surface area contributed by atoms with Crippen LogP contribution in [0.2, 0.25) is 0 Å². The number of rotatable bonds is 5. The molecule has 8 heteroatoms. The minimum atomic E-state index is -2.97. The van der Waals surface area contributed by atoms with Crippen LogP contribution in [0.5, 0.6) is 0 Å². The van der Waals surface area contributed by atoms with Gasteiger partial charge in [-0.15, -0.1) is 0 Å². The molecule has 1 aromatic carbocycles. The van der Waals surface area contributed by atoms with Crippen LogP contribution in [0, 0.1) is 0 Å². The molecule has 138 valence electrons. The molecule has 0 saturated carbocycles. The largest absolute Gasteiger partial charge is 0.340 e. The van der Waals surface area contributed by atoms with Crippen LogP contribution in [0.1, 0.15) is 29.3 Å². The predicted molar refractivity (Wildman–Crippen MR) is 101 cm³/mol. The smallest absolute Gasteiger partial charge is 0.258 e. The second-order valence-corrected chi connectivity index (χ2v) is 8.67. The van der Waals surface area contributed by atoms with Gasteiger partial charge in [0.25, 0.3) is 5.91 Å². The molecule has 0 aliphatic carbocycles. The van der Waals surface area contributed by atoms with Crippen LogP contribution in [-0.2, 0) is 16.3 Å². The summed E-state index contributed by atoms with van der Waals surface area (Å²) in [7, 11) is -1.20. The normalized spacial score (nSPS) is 18.5. The zero-order valence-electron chi connectivity index (χ0n) is 14.8. The Labute approximate surface area is 153 Å². The van der Waals surface area contributed by atoms with Crippen molar-refractivity contribution >= 4 is 27.4 Å². The monoisotopic (exact) mass is 374 g/mol. The van der Waals surface area contributed by atoms with Crippen LogP contribution in [-0.4, -0.2) is 48.9 Å². The van der Waals surface area contributed by atoms with Crippen LogP contribution in [0.15, 0.2) is 36.7 Å². The van der Waals surface area contributed by atoms with Gasteiger partial charge in [-0.2, -0.15) is 0 Å². The minimum Gasteiger partial charge on any atom is -0.340 e. The molecule has 0 bridgehead atoms. The minimum absolute atomic E-state index is 0.114. The number of carbonyl (C=O) groups is 1. The van der Waals surface area contributed by atoms with Gasteiger partial charge in [0.1, 0.15) is 0 Å². The fourth-order valence-electron chi connectivity index (χ4n) is 2.89. The first-order chi connectivity index (χ1) is 12.4. The number of hydrogen-bond donors (Lipinski definition) is 1. The van der Waals surface area contributed by atoms with E-state index in [4.69, 9.17) is 0 Å². The first-order valence-electron chi connectivity index (χ1n) is 8.53. The van der Waals surface area contributed by atoms with Gasteiger partial charge in [-0.05, 0) is 30.5 Å². The molecule has 1 aliphatic heterocycles. The number of nitrogens with zero attached hydrogens (tertiary/aromatic N) is 3. The summed E-state index contributed by atoms with van der Waals surface area (Å²) in [5.41, 5.74) is 2.26. The Morgan fingerprint density at radius 2 is 1.88 bits per heavy atom. The van der Waals surface area contributed by atoms with Crippen molar-refractivity contribution in [1.29, 1.82) is 0 Å². The van der Waals surface area contributed by atoms with Crippen LogP contribution in [0.4, 0.5) is 11.6 Å². The number of sulfone groups is 1. The van der Waals surface area contributed by atoms with Crippen molar-refractivity contribution in [2.75, 3.05) is 28.8 Å². The number of aryl methyl sites for hydroxylation is 1. The average molecular weight is 374 g/mol. The third-order valence-electron chi connectivity index (χ3n) is 4.59. The number of nitrogens with one attached hydrogen (secondary N) is 1. The third-order valence-corrected chi connectivity index (χ3v) is 6.34. The fourth-order valence-corrected chi connectivity index (χ4v) is 4.67. The molecule has 1 unspecified atom stereocenters. The van der Waals surface area contributed by atoms with E-state index >= 15 is 0 Å². The Hall–Kier alpha value is -2.48. The second-order valence-electron chi connectivity index (χ2n) is 6.44. The van der Waals surface area contributed by atoms with Crippen molar-refractivity contribution in [2.24, 2.45) is 0 Å². The van der Waals surface area contributed by atoms with E-state index in [9.17, 15) is 13.2 Å². The van der Waals surface area contributed by atoms with Gasteiger partial charge in [-0.25, -0.2) is 18.4 Å². The number of benzene rings is 1. The van der Waals surface area contributed by atoms with E-state index in [1.807, 2.05) is 24.3 Å². The quantitative estimate of drug-likeness (QED) is 0.859. The van der Waals surface area contributed by atoms with Crippen molar-refractivity contribution in [2.45, 2.75) is 25.8 Å². The second kappa shape index (κ2) is 7.41. The van der Waals surface area contributed by atoms with E-state index in [1.165, 1.54) is 18.0 Å². The summed E-state index contributed by atoms with van der Waals surface area (Å²) in [6.07, 6.45) is 4.42. The molecule has 26 heavy (non-hydrogen) atoms. The van der Waals surface area contributed by atoms with E-state index in [0.29, 0.717) is 23.6 Å². The third kappa shape index (κ3) is 4.19. The van der Waals surface area contributed by atoms with Crippen molar-refractivity contribution in [1.82, 2.24) is 9.97 Å². The van der Waals surface area contributed by atoms with Gasteiger partial charge in [0.05, 0.1) is 17.1 Å². The van der Waals surface area contributed by atoms with Crippen molar-refractivity contribution in [3.8, 4) is 0 Å². The first-order valence-corrected chi connectivity index (χ1v) is 10.4. The summed E-state index contributed by atoms with van der Waals surface area (Å²) < 4.78 is 23.2. The van der Waals surface area contributed by atoms with Crippen molar-refractivity contribution in [3.63, 3.8) is 0 Å². The molecule has 1 fully saturated rings. The van der Waals surface area contributed by atoms with Gasteiger partial charge in [0, 0.05) is 31.2 Å². The summed E-state index contributed by atoms with van der Waals surface area (Å²) >= 11 is 0. The molecule has 3 rings (SSSR count). The van der Waals surface area contributed by atoms with Gasteiger partial charge in [-0.3, -0.25) is 4.79 Å². The van der Waals surface area contributed by atoms with E-state index in [-0.39, 0.29) is 23.5 Å². The lowest BCUT2D eigenvalue weighted by atomic mass is 10.1. The maximum atomic E-state index is 12.3. The van der Waals surface area contributed by atoms with Gasteiger partial charge in [0.15, 0.2) is 9.84 Å². The number of hydrogen-bond acceptors (Lipinski definition) is 6. The maximum absolute atomic E-state index is 12.3. The molecule has 0 radical (unpaired) electrons. The van der Waals surface area contributed by atoms with Crippen LogP contribution < -0.4 is 10.2 Å². The van der Waals surface area contributed by atoms with E-state index in [0.717, 1.165) is 6.42 Å². The summed E-state index contributed by atoms with van der Waals surface area (Å²) in [4.78, 5) is 22.5. The van der Waals surface area contributed by atoms with Crippen LogP contribution in [0.3, 0.4) is 0 Å². The number of carbonyl (C=O) groups excluding carboxylic acids is 1. The molecule has 1 aliphatic rings. The van der Waals surface area contributed by atoms with Crippen molar-refractivity contribution in [3.05, 3.63) is 47.8 Å². The van der Waals surface area contributed by atoms with Gasteiger partial charge < -0.3 is 10.2 Å². The predicted octanol–water partition coefficient (Wildman–Crippen LogP) is 1.91. The lowest BCUT2D eigenvalue weighted by Gasteiger charge is -2.23. The summed E-state index contributed by atoms with van der Waals surface area (Å²) in [6.45, 7) is 2.07. The SMILES string of the molecule is CCc1ccc(NC(=O)c2cnc(N(C)C3CCS(=O)(=O)C3)nc2)cc1. The van der Waals surface area contributed by atoms with Gasteiger partial charge in [-0.1, -0.05) is 19.1 Å². The molecule has 1 amide bonds. The Kier molecular flexibility index (Phi) is 5.22. The molecule has 2 heterocycles. The standard InChI is InChI=1S/C18H22N4O3S/c1-3-13-4-6-15(7-5-13)21-17(23)14-10-19-18(20-11-14)22(2)16-8-9-26(24,25)12-16/h4-7,10-11,16H,3,8-9,12H2,1-2H3,(H,21,23). The molecule has 1 N–H and O–H groups in total. The molecular weight excluding hydrogens is 352 g/mol. The highest BCUT2D eigenvalue weighted by molar-refractivity contribution is 7.91. The summed E-state index contributed by atoms with van der Waals surface area (Å²) in [5, 5.41) is 2.81. The zero-order valence-corrected chi connectivity index (χ0v) is 15.7. The van der Waals surface area contributed by atoms with Crippen LogP contribution in [0.25, 0.3) is 0 Å². The molecule has 7 nitrogen and oxygen atoms in total. The molecular formula is C18H22N4O3S. The molecule has 1 aromatic heterocycles. The highest BCUT2D eigenvalue weighted by Crippen LogP contribution is 2.20. The van der Waals surface area contributed by atoms with E-state index in [1.54, 1.807) is 11.9 Å². The number of anilines is 2. The average Bonchev–Trinajstić information content (AvgIpc) is 3.01. The molecule has 0 spiro atoms. The molecule has 1 saturated heterocycles. The van der Waals surface area contributed by atoms with Crippen molar-refractivity contribution < 1.29 is 13.2 Å². The van der Waals surface area contributed by atoms with Crippen LogP contribution >= 0.6 is 0 Å². The lowest BCUT2D eigenvalue weighted by molar-refractivity contribution is 0.102. The lowest BCUT2D eigenvalue weighted by Crippen LogP contribution is -2.34. The topological polar surface area (TPSA) is 92.3 Å². The molecule has 2 aromatic rings. The van der Waals surface area contributed by atoms with E-state index in [2.05, 4.69) is 22.2 Å². The first kappa shape index (κ1) is 18.3. The zero-order chi connectivity index (χ0) is 18.7. The Balaban J connectivity index is 1.65. The van der Waals surface area contributed by atoms with E-state index < -0.39 is 9.84 Å². The Morgan fingerprint density at radius 1 is 1.23 bits per heavy atom. The van der Waals surface area contributed by atoms with Gasteiger partial charge >= 0.3 is 0 Å². The number of aromatic nitrogens is 2. The highest BCUT2D eigenvalue weighted by atomic mass is 32.2. The Morgan fingerprint density at radius 3 is 2.42 bits per heavy atom.